The van der Waals surface area contributed by atoms with Crippen molar-refractivity contribution in [2.75, 3.05) is 10.2 Å². The molecule has 0 fully saturated rings. The van der Waals surface area contributed by atoms with Gasteiger partial charge in [0.15, 0.2) is 0 Å². The van der Waals surface area contributed by atoms with Gasteiger partial charge in [0.1, 0.15) is 0 Å². The Hall–Kier alpha value is -1.54. The number of nitrogens with zero attached hydrogens (tertiary/aromatic N) is 1. The SMILES string of the molecule is Cc1ccccc1N1Cc2c(C)cccc2C=C1CBr. The van der Waals surface area contributed by atoms with Gasteiger partial charge in [0, 0.05) is 23.3 Å². The minimum atomic E-state index is 0.870. The Morgan fingerprint density at radius 2 is 1.75 bits per heavy atom. The third kappa shape index (κ3) is 2.29. The molecular weight excluding hydrogens is 310 g/mol. The van der Waals surface area contributed by atoms with Gasteiger partial charge < -0.3 is 4.90 Å². The Labute approximate surface area is 129 Å². The zero-order chi connectivity index (χ0) is 14.1. The van der Waals surface area contributed by atoms with Crippen LogP contribution in [-0.2, 0) is 6.54 Å². The molecule has 1 nitrogen and oxygen atoms in total. The maximum atomic E-state index is 3.63. The van der Waals surface area contributed by atoms with E-state index >= 15 is 0 Å². The van der Waals surface area contributed by atoms with Crippen molar-refractivity contribution in [1.29, 1.82) is 0 Å². The summed E-state index contributed by atoms with van der Waals surface area (Å²) in [5.41, 5.74) is 8.08. The molecule has 1 heterocycles. The van der Waals surface area contributed by atoms with Crippen LogP contribution in [0, 0.1) is 13.8 Å². The summed E-state index contributed by atoms with van der Waals surface area (Å²) < 4.78 is 0. The van der Waals surface area contributed by atoms with Gasteiger partial charge in [0.2, 0.25) is 0 Å². The van der Waals surface area contributed by atoms with Crippen molar-refractivity contribution in [1.82, 2.24) is 0 Å². The summed E-state index contributed by atoms with van der Waals surface area (Å²) in [4.78, 5) is 2.42. The van der Waals surface area contributed by atoms with Gasteiger partial charge in [0.25, 0.3) is 0 Å². The van der Waals surface area contributed by atoms with Gasteiger partial charge in [-0.1, -0.05) is 52.3 Å². The fourth-order valence-electron chi connectivity index (χ4n) is 2.81. The van der Waals surface area contributed by atoms with Gasteiger partial charge in [-0.25, -0.2) is 0 Å². The summed E-state index contributed by atoms with van der Waals surface area (Å²) in [5.74, 6) is 0. The quantitative estimate of drug-likeness (QED) is 0.697. The molecule has 2 heteroatoms. The van der Waals surface area contributed by atoms with Gasteiger partial charge in [0.05, 0.1) is 0 Å². The molecule has 2 aromatic carbocycles. The van der Waals surface area contributed by atoms with Gasteiger partial charge in [-0.3, -0.25) is 0 Å². The molecule has 102 valence electrons. The van der Waals surface area contributed by atoms with E-state index in [1.807, 2.05) is 0 Å². The Morgan fingerprint density at radius 3 is 2.50 bits per heavy atom. The molecule has 20 heavy (non-hydrogen) atoms. The number of aryl methyl sites for hydroxylation is 2. The third-order valence-corrected chi connectivity index (χ3v) is 4.55. The zero-order valence-corrected chi connectivity index (χ0v) is 13.4. The molecule has 0 atom stereocenters. The van der Waals surface area contributed by atoms with E-state index in [2.05, 4.69) is 83.2 Å². The lowest BCUT2D eigenvalue weighted by Crippen LogP contribution is -2.27. The number of anilines is 1. The summed E-state index contributed by atoms with van der Waals surface area (Å²) in [6.07, 6.45) is 2.30. The lowest BCUT2D eigenvalue weighted by Gasteiger charge is -2.33. The first-order valence-electron chi connectivity index (χ1n) is 6.89. The summed E-state index contributed by atoms with van der Waals surface area (Å²) in [7, 11) is 0. The van der Waals surface area contributed by atoms with Crippen molar-refractivity contribution in [3.8, 4) is 0 Å². The van der Waals surface area contributed by atoms with Crippen LogP contribution in [0.3, 0.4) is 0 Å². The molecule has 0 radical (unpaired) electrons. The van der Waals surface area contributed by atoms with Crippen LogP contribution < -0.4 is 4.90 Å². The summed E-state index contributed by atoms with van der Waals surface area (Å²) >= 11 is 3.63. The van der Waals surface area contributed by atoms with Crippen LogP contribution in [0.5, 0.6) is 0 Å². The number of rotatable bonds is 2. The molecule has 0 spiro atoms. The first kappa shape index (κ1) is 13.4. The molecular formula is C18H18BrN. The summed E-state index contributed by atoms with van der Waals surface area (Å²) in [6, 6.07) is 15.1. The Bertz CT molecular complexity index is 673. The van der Waals surface area contributed by atoms with Crippen LogP contribution in [-0.4, -0.2) is 5.33 Å². The number of fused-ring (bicyclic) bond motifs is 1. The highest BCUT2D eigenvalue weighted by molar-refractivity contribution is 9.09. The molecule has 0 saturated carbocycles. The fraction of sp³-hybridized carbons (Fsp3) is 0.222. The number of hydrogen-bond donors (Lipinski definition) is 0. The van der Waals surface area contributed by atoms with E-state index in [0.29, 0.717) is 0 Å². The number of alkyl halides is 1. The van der Waals surface area contributed by atoms with Crippen molar-refractivity contribution in [3.63, 3.8) is 0 Å². The zero-order valence-electron chi connectivity index (χ0n) is 11.9. The molecule has 0 N–H and O–H groups in total. The smallest absolute Gasteiger partial charge is 0.0487 e. The second kappa shape index (κ2) is 5.45. The first-order valence-corrected chi connectivity index (χ1v) is 8.01. The molecule has 0 unspecified atom stereocenters. The Morgan fingerprint density at radius 1 is 1.00 bits per heavy atom. The lowest BCUT2D eigenvalue weighted by molar-refractivity contribution is 0.892. The van der Waals surface area contributed by atoms with Crippen LogP contribution in [0.1, 0.15) is 22.3 Å². The summed E-state index contributed by atoms with van der Waals surface area (Å²) in [5, 5.41) is 0.870. The molecule has 1 aliphatic rings. The molecule has 1 aliphatic heterocycles. The third-order valence-electron chi connectivity index (χ3n) is 3.97. The van der Waals surface area contributed by atoms with E-state index in [-0.39, 0.29) is 0 Å². The second-order valence-corrected chi connectivity index (χ2v) is 5.85. The summed E-state index contributed by atoms with van der Waals surface area (Å²) in [6.45, 7) is 5.32. The van der Waals surface area contributed by atoms with E-state index < -0.39 is 0 Å². The fourth-order valence-corrected chi connectivity index (χ4v) is 3.27. The lowest BCUT2D eigenvalue weighted by atomic mass is 9.96. The normalized spacial score (nSPS) is 13.9. The number of benzene rings is 2. The minimum absolute atomic E-state index is 0.870. The topological polar surface area (TPSA) is 3.24 Å². The number of allylic oxidation sites excluding steroid dienone is 1. The predicted octanol–water partition coefficient (Wildman–Crippen LogP) is 5.06. The standard InChI is InChI=1S/C18H18BrN/c1-13-7-5-8-15-10-16(11-19)20(12-17(13)15)18-9-4-3-6-14(18)2/h3-10H,11-12H2,1-2H3. The Balaban J connectivity index is 2.11. The molecule has 3 rings (SSSR count). The van der Waals surface area contributed by atoms with Crippen LogP contribution in [0.15, 0.2) is 48.2 Å². The number of hydrogen-bond acceptors (Lipinski definition) is 1. The predicted molar refractivity (Wildman–Crippen MR) is 90.3 cm³/mol. The van der Waals surface area contributed by atoms with Gasteiger partial charge in [-0.15, -0.1) is 0 Å². The second-order valence-electron chi connectivity index (χ2n) is 5.28. The van der Waals surface area contributed by atoms with Crippen molar-refractivity contribution >= 4 is 27.7 Å². The van der Waals surface area contributed by atoms with Crippen LogP contribution in [0.25, 0.3) is 6.08 Å². The molecule has 0 saturated heterocycles. The molecule has 2 aromatic rings. The highest BCUT2D eigenvalue weighted by Gasteiger charge is 2.20. The van der Waals surface area contributed by atoms with Gasteiger partial charge in [-0.2, -0.15) is 0 Å². The van der Waals surface area contributed by atoms with Crippen LogP contribution in [0.2, 0.25) is 0 Å². The minimum Gasteiger partial charge on any atom is -0.340 e. The van der Waals surface area contributed by atoms with E-state index in [9.17, 15) is 0 Å². The molecule has 0 amide bonds. The number of para-hydroxylation sites is 1. The van der Waals surface area contributed by atoms with E-state index in [1.54, 1.807) is 0 Å². The monoisotopic (exact) mass is 327 g/mol. The molecule has 0 bridgehead atoms. The van der Waals surface area contributed by atoms with Crippen molar-refractivity contribution in [2.24, 2.45) is 0 Å². The largest absolute Gasteiger partial charge is 0.340 e. The van der Waals surface area contributed by atoms with E-state index in [0.717, 1.165) is 11.9 Å². The molecule has 0 aliphatic carbocycles. The maximum absolute atomic E-state index is 3.63. The first-order chi connectivity index (χ1) is 9.70. The van der Waals surface area contributed by atoms with E-state index in [4.69, 9.17) is 0 Å². The van der Waals surface area contributed by atoms with Crippen LogP contribution >= 0.6 is 15.9 Å². The van der Waals surface area contributed by atoms with Gasteiger partial charge >= 0.3 is 0 Å². The van der Waals surface area contributed by atoms with Crippen molar-refractivity contribution < 1.29 is 0 Å². The van der Waals surface area contributed by atoms with Crippen molar-refractivity contribution in [2.45, 2.75) is 20.4 Å². The highest BCUT2D eigenvalue weighted by atomic mass is 79.9. The van der Waals surface area contributed by atoms with E-state index in [1.165, 1.54) is 33.6 Å². The maximum Gasteiger partial charge on any atom is 0.0487 e. The number of halogens is 1. The highest BCUT2D eigenvalue weighted by Crippen LogP contribution is 2.33. The average molecular weight is 328 g/mol. The Kier molecular flexibility index (Phi) is 3.66. The van der Waals surface area contributed by atoms with Gasteiger partial charge in [-0.05, 0) is 48.2 Å². The molecule has 0 aromatic heterocycles. The van der Waals surface area contributed by atoms with Crippen LogP contribution in [0.4, 0.5) is 5.69 Å². The van der Waals surface area contributed by atoms with Crippen molar-refractivity contribution in [3.05, 3.63) is 70.4 Å². The average Bonchev–Trinajstić information content (AvgIpc) is 2.47.